The maximum Gasteiger partial charge on any atom is 0.317 e. The molecule has 2 saturated carbocycles. The third-order valence-electron chi connectivity index (χ3n) is 5.81. The van der Waals surface area contributed by atoms with Crippen molar-refractivity contribution in [2.45, 2.75) is 57.4 Å². The van der Waals surface area contributed by atoms with Crippen molar-refractivity contribution >= 4 is 6.03 Å². The average Bonchev–Trinajstić information content (AvgIpc) is 2.52. The first-order chi connectivity index (χ1) is 10.6. The quantitative estimate of drug-likeness (QED) is 0.759. The van der Waals surface area contributed by atoms with E-state index >= 15 is 0 Å². The summed E-state index contributed by atoms with van der Waals surface area (Å²) in [5.41, 5.74) is 0.265. The van der Waals surface area contributed by atoms with E-state index in [2.05, 4.69) is 5.32 Å². The highest BCUT2D eigenvalue weighted by atomic mass is 16.5. The molecular weight excluding hydrogens is 280 g/mol. The summed E-state index contributed by atoms with van der Waals surface area (Å²) in [6.45, 7) is 1.83. The van der Waals surface area contributed by atoms with E-state index in [1.807, 2.05) is 11.9 Å². The molecule has 0 aromatic heterocycles. The Kier molecular flexibility index (Phi) is 6.50. The molecule has 2 rings (SSSR count). The number of nitrogens with one attached hydrogen (secondary N) is 1. The Morgan fingerprint density at radius 2 is 2.00 bits per heavy atom. The van der Waals surface area contributed by atoms with Crippen molar-refractivity contribution in [3.63, 3.8) is 0 Å². The van der Waals surface area contributed by atoms with Gasteiger partial charge in [-0.2, -0.15) is 0 Å². The number of carbonyl (C=O) groups excluding carboxylic acids is 1. The second-order valence-electron chi connectivity index (χ2n) is 7.22. The van der Waals surface area contributed by atoms with E-state index in [9.17, 15) is 9.90 Å². The van der Waals surface area contributed by atoms with E-state index < -0.39 is 0 Å². The summed E-state index contributed by atoms with van der Waals surface area (Å²) < 4.78 is 5.20. The van der Waals surface area contributed by atoms with Gasteiger partial charge in [0.25, 0.3) is 0 Å². The number of hydrogen-bond donors (Lipinski definition) is 2. The first kappa shape index (κ1) is 17.5. The molecular formula is C17H32N2O3. The molecule has 0 heterocycles. The Morgan fingerprint density at radius 1 is 1.32 bits per heavy atom. The fourth-order valence-electron chi connectivity index (χ4n) is 3.78. The first-order valence-corrected chi connectivity index (χ1v) is 8.71. The Bertz CT molecular complexity index is 350. The summed E-state index contributed by atoms with van der Waals surface area (Å²) >= 11 is 0. The number of rotatable bonds is 7. The summed E-state index contributed by atoms with van der Waals surface area (Å²) in [6, 6.07) is 0.371. The fourth-order valence-corrected chi connectivity index (χ4v) is 3.78. The minimum Gasteiger partial charge on any atom is -0.396 e. The standard InChI is InChI=1S/C17H32N2O3/c1-19(15-6-4-14(12-20)5-7-15)16(21)18-13-17(8-3-9-17)10-11-22-2/h14-15,20H,3-13H2,1-2H3,(H,18,21). The van der Waals surface area contributed by atoms with Crippen molar-refractivity contribution in [3.8, 4) is 0 Å². The molecule has 0 bridgehead atoms. The van der Waals surface area contributed by atoms with Crippen LogP contribution in [0.4, 0.5) is 4.79 Å². The van der Waals surface area contributed by atoms with Crippen molar-refractivity contribution in [1.82, 2.24) is 10.2 Å². The Labute approximate surface area is 134 Å². The van der Waals surface area contributed by atoms with E-state index in [1.165, 1.54) is 19.3 Å². The van der Waals surface area contributed by atoms with Gasteiger partial charge in [0.15, 0.2) is 0 Å². The molecule has 0 aromatic carbocycles. The summed E-state index contributed by atoms with van der Waals surface area (Å²) in [5.74, 6) is 0.431. The van der Waals surface area contributed by atoms with E-state index in [0.29, 0.717) is 12.0 Å². The highest BCUT2D eigenvalue weighted by Crippen LogP contribution is 2.43. The largest absolute Gasteiger partial charge is 0.396 e. The van der Waals surface area contributed by atoms with Crippen molar-refractivity contribution < 1.29 is 14.6 Å². The molecule has 2 aliphatic carbocycles. The monoisotopic (exact) mass is 312 g/mol. The molecule has 0 radical (unpaired) electrons. The van der Waals surface area contributed by atoms with Crippen LogP contribution in [-0.2, 0) is 4.74 Å². The van der Waals surface area contributed by atoms with Crippen LogP contribution in [0.25, 0.3) is 0 Å². The Hall–Kier alpha value is -0.810. The van der Waals surface area contributed by atoms with Crippen LogP contribution in [-0.4, -0.2) is 56.0 Å². The maximum atomic E-state index is 12.4. The molecule has 0 atom stereocenters. The van der Waals surface area contributed by atoms with Crippen LogP contribution in [0.1, 0.15) is 51.4 Å². The van der Waals surface area contributed by atoms with Gasteiger partial charge in [0.05, 0.1) is 0 Å². The van der Waals surface area contributed by atoms with E-state index in [0.717, 1.165) is 45.3 Å². The SMILES string of the molecule is COCCC1(CNC(=O)N(C)C2CCC(CO)CC2)CCC1. The van der Waals surface area contributed by atoms with Crippen LogP contribution < -0.4 is 5.32 Å². The summed E-state index contributed by atoms with van der Waals surface area (Å²) in [4.78, 5) is 14.3. The third kappa shape index (κ3) is 4.35. The van der Waals surface area contributed by atoms with Gasteiger partial charge in [0.1, 0.15) is 0 Å². The normalized spacial score (nSPS) is 27.0. The van der Waals surface area contributed by atoms with Crippen LogP contribution in [0.15, 0.2) is 0 Å². The van der Waals surface area contributed by atoms with Crippen LogP contribution in [0, 0.1) is 11.3 Å². The topological polar surface area (TPSA) is 61.8 Å². The highest BCUT2D eigenvalue weighted by molar-refractivity contribution is 5.74. The predicted molar refractivity (Wildman–Crippen MR) is 86.8 cm³/mol. The molecule has 0 aromatic rings. The van der Waals surface area contributed by atoms with Gasteiger partial charge in [-0.05, 0) is 56.3 Å². The van der Waals surface area contributed by atoms with Crippen molar-refractivity contribution in [2.24, 2.45) is 11.3 Å². The number of ether oxygens (including phenoxy) is 1. The number of aliphatic hydroxyl groups excluding tert-OH is 1. The van der Waals surface area contributed by atoms with Gasteiger partial charge >= 0.3 is 6.03 Å². The van der Waals surface area contributed by atoms with Crippen LogP contribution in [0.5, 0.6) is 0 Å². The lowest BCUT2D eigenvalue weighted by Crippen LogP contribution is -2.49. The van der Waals surface area contributed by atoms with Crippen molar-refractivity contribution in [2.75, 3.05) is 33.9 Å². The number of hydrogen-bond acceptors (Lipinski definition) is 3. The molecule has 2 aliphatic rings. The van der Waals surface area contributed by atoms with Gasteiger partial charge in [-0.25, -0.2) is 4.79 Å². The number of aliphatic hydroxyl groups is 1. The number of urea groups is 1. The van der Waals surface area contributed by atoms with Crippen molar-refractivity contribution in [3.05, 3.63) is 0 Å². The molecule has 0 aliphatic heterocycles. The lowest BCUT2D eigenvalue weighted by molar-refractivity contribution is 0.0680. The van der Waals surface area contributed by atoms with Gasteiger partial charge in [-0.3, -0.25) is 0 Å². The van der Waals surface area contributed by atoms with Crippen LogP contribution >= 0.6 is 0 Å². The Morgan fingerprint density at radius 3 is 2.50 bits per heavy atom. The van der Waals surface area contributed by atoms with Crippen LogP contribution in [0.3, 0.4) is 0 Å². The highest BCUT2D eigenvalue weighted by Gasteiger charge is 2.37. The molecule has 22 heavy (non-hydrogen) atoms. The second kappa shape index (κ2) is 8.16. The third-order valence-corrected chi connectivity index (χ3v) is 5.81. The zero-order valence-electron chi connectivity index (χ0n) is 14.1. The van der Waals surface area contributed by atoms with Crippen LogP contribution in [0.2, 0.25) is 0 Å². The summed E-state index contributed by atoms with van der Waals surface area (Å²) in [6.07, 6.45) is 8.75. The second-order valence-corrected chi connectivity index (χ2v) is 7.22. The number of nitrogens with zero attached hydrogens (tertiary/aromatic N) is 1. The minimum absolute atomic E-state index is 0.0520. The van der Waals surface area contributed by atoms with E-state index in [1.54, 1.807) is 7.11 Å². The molecule has 2 amide bonds. The van der Waals surface area contributed by atoms with Gasteiger partial charge in [-0.15, -0.1) is 0 Å². The molecule has 0 saturated heterocycles. The smallest absolute Gasteiger partial charge is 0.317 e. The summed E-state index contributed by atoms with van der Waals surface area (Å²) in [7, 11) is 3.64. The molecule has 2 N–H and O–H groups in total. The molecule has 0 spiro atoms. The lowest BCUT2D eigenvalue weighted by Gasteiger charge is -2.43. The van der Waals surface area contributed by atoms with Gasteiger partial charge in [0.2, 0.25) is 0 Å². The molecule has 5 heteroatoms. The first-order valence-electron chi connectivity index (χ1n) is 8.71. The minimum atomic E-state index is 0.0520. The predicted octanol–water partition coefficient (Wildman–Crippen LogP) is 2.39. The number of amides is 2. The Balaban J connectivity index is 1.74. The average molecular weight is 312 g/mol. The zero-order chi connectivity index (χ0) is 16.0. The van der Waals surface area contributed by atoms with Gasteiger partial charge < -0.3 is 20.1 Å². The number of carbonyl (C=O) groups is 1. The van der Waals surface area contributed by atoms with Crippen molar-refractivity contribution in [1.29, 1.82) is 0 Å². The lowest BCUT2D eigenvalue weighted by atomic mass is 9.67. The van der Waals surface area contributed by atoms with E-state index in [4.69, 9.17) is 4.74 Å². The molecule has 0 unspecified atom stereocenters. The summed E-state index contributed by atoms with van der Waals surface area (Å²) in [5, 5.41) is 12.3. The maximum absolute atomic E-state index is 12.4. The fraction of sp³-hybridized carbons (Fsp3) is 0.941. The number of methoxy groups -OCH3 is 1. The zero-order valence-corrected chi connectivity index (χ0v) is 14.1. The molecule has 2 fully saturated rings. The molecule has 128 valence electrons. The van der Waals surface area contributed by atoms with Gasteiger partial charge in [-0.1, -0.05) is 6.42 Å². The van der Waals surface area contributed by atoms with E-state index in [-0.39, 0.29) is 18.1 Å². The molecule has 5 nitrogen and oxygen atoms in total. The van der Waals surface area contributed by atoms with Gasteiger partial charge in [0, 0.05) is 40.0 Å².